The van der Waals surface area contributed by atoms with Crippen LogP contribution in [-0.4, -0.2) is 44.3 Å². The number of fused-ring (bicyclic) bond motifs is 1. The van der Waals surface area contributed by atoms with Gasteiger partial charge in [-0.2, -0.15) is 0 Å². The average Bonchev–Trinajstić information content (AvgIpc) is 3.53. The molecular weight excluding hydrogens is 451 g/mol. The number of aryl methyl sites for hydroxylation is 1. The number of aromatic nitrogens is 5. The highest BCUT2D eigenvalue weighted by atomic mass is 35.5. The van der Waals surface area contributed by atoms with Crippen molar-refractivity contribution in [2.75, 3.05) is 13.2 Å². The molecule has 164 valence electrons. The second-order valence-electron chi connectivity index (χ2n) is 7.94. The summed E-state index contributed by atoms with van der Waals surface area (Å²) in [5, 5.41) is 18.8. The van der Waals surface area contributed by atoms with E-state index in [-0.39, 0.29) is 5.91 Å². The van der Waals surface area contributed by atoms with E-state index in [0.29, 0.717) is 47.6 Å². The summed E-state index contributed by atoms with van der Waals surface area (Å²) >= 11 is 12.5. The van der Waals surface area contributed by atoms with Crippen molar-refractivity contribution >= 4 is 40.0 Å². The van der Waals surface area contributed by atoms with Gasteiger partial charge in [0.05, 0.1) is 22.2 Å². The van der Waals surface area contributed by atoms with Crippen LogP contribution in [0.25, 0.3) is 10.9 Å². The normalized spacial score (nSPS) is 18.3. The van der Waals surface area contributed by atoms with Crippen molar-refractivity contribution in [2.24, 2.45) is 7.05 Å². The number of amides is 1. The molecule has 10 heteroatoms. The summed E-state index contributed by atoms with van der Waals surface area (Å²) in [6, 6.07) is 13.4. The third kappa shape index (κ3) is 3.64. The summed E-state index contributed by atoms with van der Waals surface area (Å²) in [6.07, 6.45) is 1.28. The lowest BCUT2D eigenvalue weighted by Gasteiger charge is -2.29. The molecule has 1 amide bonds. The van der Waals surface area contributed by atoms with Gasteiger partial charge in [-0.1, -0.05) is 47.5 Å². The maximum Gasteiger partial charge on any atom is 0.268 e. The number of nitrogens with zero attached hydrogens (tertiary/aromatic N) is 4. The Kier molecular flexibility index (Phi) is 5.36. The van der Waals surface area contributed by atoms with E-state index in [1.54, 1.807) is 12.1 Å². The number of H-pyrrole nitrogens is 1. The average molecular weight is 471 g/mol. The van der Waals surface area contributed by atoms with Crippen LogP contribution in [0.3, 0.4) is 0 Å². The predicted molar refractivity (Wildman–Crippen MR) is 121 cm³/mol. The first-order valence-electron chi connectivity index (χ1n) is 10.1. The van der Waals surface area contributed by atoms with Gasteiger partial charge in [0.1, 0.15) is 5.69 Å². The summed E-state index contributed by atoms with van der Waals surface area (Å²) in [4.78, 5) is 13.4. The first-order valence-corrected chi connectivity index (χ1v) is 10.9. The lowest BCUT2D eigenvalue weighted by atomic mass is 9.88. The molecule has 0 bridgehead atoms. The number of nitrogens with one attached hydrogen (secondary N) is 2. The molecule has 1 atom stereocenters. The maximum atomic E-state index is 13.4. The van der Waals surface area contributed by atoms with E-state index in [9.17, 15) is 4.79 Å². The Hall–Kier alpha value is -2.94. The molecule has 1 aliphatic heterocycles. The lowest BCUT2D eigenvalue weighted by molar-refractivity contribution is 0.0868. The summed E-state index contributed by atoms with van der Waals surface area (Å²) in [6.45, 7) is 0.975. The van der Waals surface area contributed by atoms with E-state index in [2.05, 4.69) is 25.9 Å². The zero-order valence-corrected chi connectivity index (χ0v) is 18.7. The van der Waals surface area contributed by atoms with Gasteiger partial charge in [-0.25, -0.2) is 5.10 Å². The number of rotatable bonds is 5. The number of halogens is 2. The molecule has 4 aromatic rings. The molecular formula is C22H20Cl2N6O2. The van der Waals surface area contributed by atoms with Crippen molar-refractivity contribution in [3.63, 3.8) is 0 Å². The Labute approximate surface area is 193 Å². The molecule has 1 fully saturated rings. The highest BCUT2D eigenvalue weighted by Gasteiger charge is 2.39. The van der Waals surface area contributed by atoms with E-state index >= 15 is 0 Å². The monoisotopic (exact) mass is 470 g/mol. The maximum absolute atomic E-state index is 13.4. The van der Waals surface area contributed by atoms with Gasteiger partial charge in [0.15, 0.2) is 5.82 Å². The molecule has 8 nitrogen and oxygen atoms in total. The predicted octanol–water partition coefficient (Wildman–Crippen LogP) is 3.63. The number of ether oxygens (including phenoxy) is 1. The summed E-state index contributed by atoms with van der Waals surface area (Å²) in [5.41, 5.74) is 2.79. The molecule has 5 rings (SSSR count). The number of aromatic amines is 1. The molecule has 3 heterocycles. The van der Waals surface area contributed by atoms with Gasteiger partial charge < -0.3 is 14.6 Å². The van der Waals surface area contributed by atoms with Crippen molar-refractivity contribution in [3.05, 3.63) is 75.2 Å². The van der Waals surface area contributed by atoms with Crippen molar-refractivity contribution in [2.45, 2.75) is 18.4 Å². The van der Waals surface area contributed by atoms with E-state index in [1.165, 1.54) is 0 Å². The smallest absolute Gasteiger partial charge is 0.268 e. The lowest BCUT2D eigenvalue weighted by Crippen LogP contribution is -2.47. The first kappa shape index (κ1) is 20.9. The van der Waals surface area contributed by atoms with Crippen LogP contribution >= 0.6 is 23.2 Å². The Morgan fingerprint density at radius 3 is 2.75 bits per heavy atom. The van der Waals surface area contributed by atoms with E-state index in [1.807, 2.05) is 41.9 Å². The van der Waals surface area contributed by atoms with E-state index < -0.39 is 5.54 Å². The standard InChI is InChI=1S/C22H20Cl2N6O2/c1-30-17-7-6-16(23)20(24)15(17)11-18(30)21(31)25-22(8-9-32-12-22)14-4-2-13(3-5-14)10-19-26-28-29-27-19/h2-7,11H,8-10,12H2,1H3,(H,25,31)(H,26,27,28,29). The van der Waals surface area contributed by atoms with Gasteiger partial charge in [0.2, 0.25) is 0 Å². The van der Waals surface area contributed by atoms with Gasteiger partial charge >= 0.3 is 0 Å². The SMILES string of the molecule is Cn1c(C(=O)NC2(c3ccc(Cc4nnn[nH]4)cc3)CCOC2)cc2c(Cl)c(Cl)ccc21. The Bertz CT molecular complexity index is 1280. The first-order chi connectivity index (χ1) is 15.5. The molecule has 1 unspecified atom stereocenters. The largest absolute Gasteiger partial charge is 0.379 e. The topological polar surface area (TPSA) is 97.7 Å². The molecule has 1 saturated heterocycles. The molecule has 0 radical (unpaired) electrons. The molecule has 2 aromatic carbocycles. The van der Waals surface area contributed by atoms with Crippen LogP contribution in [0.15, 0.2) is 42.5 Å². The fourth-order valence-corrected chi connectivity index (χ4v) is 4.58. The Balaban J connectivity index is 1.43. The molecule has 2 N–H and O–H groups in total. The summed E-state index contributed by atoms with van der Waals surface area (Å²) in [5.74, 6) is 0.498. The summed E-state index contributed by atoms with van der Waals surface area (Å²) in [7, 11) is 1.84. The van der Waals surface area contributed by atoms with Crippen molar-refractivity contribution in [1.82, 2.24) is 30.5 Å². The number of tetrazole rings is 1. The fourth-order valence-electron chi connectivity index (χ4n) is 4.20. The van der Waals surface area contributed by atoms with Gasteiger partial charge in [0.25, 0.3) is 5.91 Å². The number of hydrogen-bond acceptors (Lipinski definition) is 5. The Morgan fingerprint density at radius 1 is 1.25 bits per heavy atom. The third-order valence-electron chi connectivity index (χ3n) is 5.99. The molecule has 0 saturated carbocycles. The van der Waals surface area contributed by atoms with E-state index in [4.69, 9.17) is 27.9 Å². The van der Waals surface area contributed by atoms with Gasteiger partial charge in [0, 0.05) is 37.4 Å². The summed E-state index contributed by atoms with van der Waals surface area (Å²) < 4.78 is 7.52. The van der Waals surface area contributed by atoms with Gasteiger partial charge in [-0.15, -0.1) is 5.10 Å². The molecule has 2 aromatic heterocycles. The molecule has 32 heavy (non-hydrogen) atoms. The fraction of sp³-hybridized carbons (Fsp3) is 0.273. The minimum absolute atomic E-state index is 0.196. The number of carbonyl (C=O) groups is 1. The van der Waals surface area contributed by atoms with Crippen LogP contribution in [0.2, 0.25) is 10.0 Å². The van der Waals surface area contributed by atoms with Gasteiger partial charge in [-0.05, 0) is 39.8 Å². The quantitative estimate of drug-likeness (QED) is 0.463. The molecule has 1 aliphatic rings. The number of carbonyl (C=O) groups excluding carboxylic acids is 1. The number of hydrogen-bond donors (Lipinski definition) is 2. The van der Waals surface area contributed by atoms with Crippen LogP contribution in [-0.2, 0) is 23.7 Å². The van der Waals surface area contributed by atoms with Crippen LogP contribution in [0.5, 0.6) is 0 Å². The zero-order chi connectivity index (χ0) is 22.3. The Morgan fingerprint density at radius 2 is 2.06 bits per heavy atom. The van der Waals surface area contributed by atoms with Crippen LogP contribution in [0, 0.1) is 0 Å². The highest BCUT2D eigenvalue weighted by Crippen LogP contribution is 2.34. The third-order valence-corrected chi connectivity index (χ3v) is 6.81. The minimum atomic E-state index is -0.610. The van der Waals surface area contributed by atoms with Crippen LogP contribution in [0.4, 0.5) is 0 Å². The van der Waals surface area contributed by atoms with Crippen molar-refractivity contribution in [3.8, 4) is 0 Å². The van der Waals surface area contributed by atoms with Crippen LogP contribution in [0.1, 0.15) is 33.9 Å². The zero-order valence-electron chi connectivity index (χ0n) is 17.2. The second kappa shape index (κ2) is 8.20. The van der Waals surface area contributed by atoms with E-state index in [0.717, 1.165) is 22.0 Å². The van der Waals surface area contributed by atoms with Crippen molar-refractivity contribution < 1.29 is 9.53 Å². The molecule has 0 aliphatic carbocycles. The van der Waals surface area contributed by atoms with Crippen molar-refractivity contribution in [1.29, 1.82) is 0 Å². The molecule has 0 spiro atoms. The van der Waals surface area contributed by atoms with Crippen LogP contribution < -0.4 is 5.32 Å². The van der Waals surface area contributed by atoms with Gasteiger partial charge in [-0.3, -0.25) is 4.79 Å². The second-order valence-corrected chi connectivity index (χ2v) is 8.73. The minimum Gasteiger partial charge on any atom is -0.379 e. The highest BCUT2D eigenvalue weighted by molar-refractivity contribution is 6.45. The number of benzene rings is 2.